The lowest BCUT2D eigenvalue weighted by Crippen LogP contribution is -2.47. The molecule has 9 nitrogen and oxygen atoms in total. The number of hydrogen-bond donors (Lipinski definition) is 3. The molecule has 188 valence electrons. The number of aliphatic carboxylic acids is 1. The fraction of sp³-hybridized carbons (Fsp3) is 0.348. The molecule has 1 aromatic heterocycles. The first-order valence-electron chi connectivity index (χ1n) is 10.5. The van der Waals surface area contributed by atoms with Gasteiger partial charge in [-0.3, -0.25) is 19.2 Å². The number of carboxylic acid groups (broad SMARTS) is 1. The number of halogens is 3. The first-order chi connectivity index (χ1) is 16.3. The van der Waals surface area contributed by atoms with E-state index in [4.69, 9.17) is 5.11 Å². The zero-order valence-electron chi connectivity index (χ0n) is 18.9. The van der Waals surface area contributed by atoms with Gasteiger partial charge >= 0.3 is 18.1 Å². The summed E-state index contributed by atoms with van der Waals surface area (Å²) in [5, 5.41) is 13.0. The summed E-state index contributed by atoms with van der Waals surface area (Å²) in [5.74, 6) is -6.08. The Balaban J connectivity index is 2.34. The molecule has 1 unspecified atom stereocenters. The number of amides is 2. The monoisotopic (exact) mass is 495 g/mol. The van der Waals surface area contributed by atoms with E-state index >= 15 is 0 Å². The van der Waals surface area contributed by atoms with Crippen LogP contribution in [0.5, 0.6) is 0 Å². The molecule has 0 bridgehead atoms. The van der Waals surface area contributed by atoms with Crippen LogP contribution in [0, 0.1) is 5.92 Å². The average molecular weight is 495 g/mol. The highest BCUT2D eigenvalue weighted by atomic mass is 19.4. The van der Waals surface area contributed by atoms with Gasteiger partial charge in [-0.05, 0) is 29.5 Å². The molecule has 2 amide bonds. The van der Waals surface area contributed by atoms with Crippen LogP contribution in [-0.4, -0.2) is 45.5 Å². The van der Waals surface area contributed by atoms with Crippen molar-refractivity contribution in [3.05, 3.63) is 64.1 Å². The molecule has 12 heteroatoms. The Kier molecular flexibility index (Phi) is 8.93. The number of ketones is 1. The Bertz CT molecular complexity index is 1160. The molecule has 0 aliphatic carbocycles. The van der Waals surface area contributed by atoms with Gasteiger partial charge in [0.25, 0.3) is 5.56 Å². The van der Waals surface area contributed by atoms with Crippen molar-refractivity contribution in [2.45, 2.75) is 45.5 Å². The Hall–Kier alpha value is -3.96. The number of hydrogen-bond acceptors (Lipinski definition) is 5. The van der Waals surface area contributed by atoms with Crippen LogP contribution in [0.1, 0.15) is 31.4 Å². The molecule has 0 spiro atoms. The molecule has 3 N–H and O–H groups in total. The molecule has 2 aromatic rings. The van der Waals surface area contributed by atoms with E-state index in [0.29, 0.717) is 5.56 Å². The first-order valence-corrected chi connectivity index (χ1v) is 10.5. The van der Waals surface area contributed by atoms with E-state index in [1.807, 2.05) is 5.32 Å². The molecule has 0 aliphatic rings. The number of aromatic nitrogens is 1. The number of anilines is 1. The van der Waals surface area contributed by atoms with Crippen molar-refractivity contribution in [2.75, 3.05) is 5.32 Å². The minimum absolute atomic E-state index is 0.261. The third-order valence-electron chi connectivity index (χ3n) is 4.85. The van der Waals surface area contributed by atoms with Gasteiger partial charge < -0.3 is 20.3 Å². The Labute approximate surface area is 197 Å². The van der Waals surface area contributed by atoms with Gasteiger partial charge in [0.05, 0.1) is 6.04 Å². The summed E-state index contributed by atoms with van der Waals surface area (Å²) in [4.78, 5) is 59.9. The minimum Gasteiger partial charge on any atom is -0.474 e. The fourth-order valence-corrected chi connectivity index (χ4v) is 3.31. The van der Waals surface area contributed by atoms with Crippen molar-refractivity contribution in [3.63, 3.8) is 0 Å². The van der Waals surface area contributed by atoms with Crippen molar-refractivity contribution in [3.8, 4) is 0 Å². The number of Topliss-reactive ketones (excluding diaryl/α,β-unsaturated/α-hetero) is 1. The van der Waals surface area contributed by atoms with E-state index in [1.165, 1.54) is 26.1 Å². The van der Waals surface area contributed by atoms with Crippen molar-refractivity contribution >= 4 is 29.3 Å². The lowest BCUT2D eigenvalue weighted by atomic mass is 9.97. The molecule has 0 saturated carbocycles. The van der Waals surface area contributed by atoms with Crippen molar-refractivity contribution < 1.29 is 37.5 Å². The number of carbonyl (C=O) groups is 4. The van der Waals surface area contributed by atoms with Gasteiger partial charge in [-0.2, -0.15) is 13.2 Å². The quantitative estimate of drug-likeness (QED) is 0.456. The van der Waals surface area contributed by atoms with E-state index in [-0.39, 0.29) is 6.42 Å². The highest BCUT2D eigenvalue weighted by Crippen LogP contribution is 2.22. The zero-order chi connectivity index (χ0) is 26.3. The highest BCUT2D eigenvalue weighted by Gasteiger charge is 2.36. The number of pyridine rings is 1. The molecule has 0 fully saturated rings. The first kappa shape index (κ1) is 27.3. The molecular weight excluding hydrogens is 471 g/mol. The van der Waals surface area contributed by atoms with Crippen LogP contribution in [-0.2, 0) is 32.1 Å². The lowest BCUT2D eigenvalue weighted by molar-refractivity contribution is -0.155. The maximum absolute atomic E-state index is 12.8. The molecule has 1 heterocycles. The smallest absolute Gasteiger partial charge is 0.395 e. The van der Waals surface area contributed by atoms with E-state index in [0.717, 1.165) is 10.1 Å². The zero-order valence-corrected chi connectivity index (χ0v) is 18.9. The van der Waals surface area contributed by atoms with Crippen LogP contribution in [0.4, 0.5) is 18.9 Å². The van der Waals surface area contributed by atoms with Gasteiger partial charge in [0.1, 0.15) is 18.7 Å². The average Bonchev–Trinajstić information content (AvgIpc) is 2.74. The fourth-order valence-electron chi connectivity index (χ4n) is 3.31. The number of carbonyl (C=O) groups excluding carboxylic acids is 3. The third kappa shape index (κ3) is 8.40. The van der Waals surface area contributed by atoms with Crippen LogP contribution in [0.2, 0.25) is 0 Å². The number of rotatable bonds is 9. The summed E-state index contributed by atoms with van der Waals surface area (Å²) >= 11 is 0. The van der Waals surface area contributed by atoms with Gasteiger partial charge in [-0.25, -0.2) is 4.79 Å². The molecule has 35 heavy (non-hydrogen) atoms. The van der Waals surface area contributed by atoms with Crippen LogP contribution < -0.4 is 16.2 Å². The predicted molar refractivity (Wildman–Crippen MR) is 119 cm³/mol. The SMILES string of the molecule is CC(C)C(NC(=O)Cn1cc(Cc2ccccc2)cc(NC(=O)C(=O)O)c1=O)C(=O)CC(F)(F)F. The Morgan fingerprint density at radius 3 is 2.23 bits per heavy atom. The van der Waals surface area contributed by atoms with Crippen molar-refractivity contribution in [2.24, 2.45) is 5.92 Å². The molecule has 1 atom stereocenters. The standard InChI is InChI=1S/C23H24F3N3O6/c1-13(2)19(17(30)10-23(24,25)26)28-18(31)12-29-11-15(8-14-6-4-3-5-7-14)9-16(21(29)33)27-20(32)22(34)35/h3-7,9,11,13,19H,8,10,12H2,1-2H3,(H,27,32)(H,28,31)(H,34,35). The summed E-state index contributed by atoms with van der Waals surface area (Å²) in [6.07, 6.45) is -4.88. The summed E-state index contributed by atoms with van der Waals surface area (Å²) in [5.41, 5.74) is -0.0467. The van der Waals surface area contributed by atoms with Crippen LogP contribution in [0.3, 0.4) is 0 Å². The number of nitrogens with zero attached hydrogens (tertiary/aromatic N) is 1. The number of carboxylic acids is 1. The third-order valence-corrected chi connectivity index (χ3v) is 4.85. The van der Waals surface area contributed by atoms with E-state index in [2.05, 4.69) is 5.32 Å². The van der Waals surface area contributed by atoms with Crippen LogP contribution in [0.15, 0.2) is 47.4 Å². The van der Waals surface area contributed by atoms with Gasteiger partial charge in [-0.1, -0.05) is 44.2 Å². The van der Waals surface area contributed by atoms with Crippen molar-refractivity contribution in [1.29, 1.82) is 0 Å². The van der Waals surface area contributed by atoms with Gasteiger partial charge in [0, 0.05) is 6.20 Å². The van der Waals surface area contributed by atoms with Gasteiger partial charge in [0.15, 0.2) is 5.78 Å². The van der Waals surface area contributed by atoms with Crippen LogP contribution in [0.25, 0.3) is 0 Å². The summed E-state index contributed by atoms with van der Waals surface area (Å²) in [6, 6.07) is 8.76. The number of benzene rings is 1. The maximum atomic E-state index is 12.8. The Morgan fingerprint density at radius 1 is 1.06 bits per heavy atom. The molecule has 0 saturated heterocycles. The molecule has 1 aromatic carbocycles. The molecule has 0 aliphatic heterocycles. The summed E-state index contributed by atoms with van der Waals surface area (Å²) in [6.45, 7) is 2.25. The number of alkyl halides is 3. The minimum atomic E-state index is -4.74. The Morgan fingerprint density at radius 2 is 1.69 bits per heavy atom. The molecule has 2 rings (SSSR count). The van der Waals surface area contributed by atoms with Crippen molar-refractivity contribution in [1.82, 2.24) is 9.88 Å². The van der Waals surface area contributed by atoms with Gasteiger partial charge in [0.2, 0.25) is 5.91 Å². The second-order valence-corrected chi connectivity index (χ2v) is 8.16. The highest BCUT2D eigenvalue weighted by molar-refractivity contribution is 6.36. The van der Waals surface area contributed by atoms with E-state index in [1.54, 1.807) is 30.3 Å². The lowest BCUT2D eigenvalue weighted by Gasteiger charge is -2.22. The summed E-state index contributed by atoms with van der Waals surface area (Å²) < 4.78 is 38.8. The predicted octanol–water partition coefficient (Wildman–Crippen LogP) is 2.12. The van der Waals surface area contributed by atoms with Crippen LogP contribution >= 0.6 is 0 Å². The molecular formula is C23H24F3N3O6. The second kappa shape index (κ2) is 11.4. The second-order valence-electron chi connectivity index (χ2n) is 8.16. The topological polar surface area (TPSA) is 135 Å². The number of nitrogens with one attached hydrogen (secondary N) is 2. The normalized spacial score (nSPS) is 12.2. The van der Waals surface area contributed by atoms with E-state index in [9.17, 15) is 37.1 Å². The largest absolute Gasteiger partial charge is 0.474 e. The maximum Gasteiger partial charge on any atom is 0.395 e. The van der Waals surface area contributed by atoms with E-state index < -0.39 is 65.9 Å². The molecule has 0 radical (unpaired) electrons. The van der Waals surface area contributed by atoms with Gasteiger partial charge in [-0.15, -0.1) is 0 Å². The summed E-state index contributed by atoms with van der Waals surface area (Å²) in [7, 11) is 0.